The smallest absolute Gasteiger partial charge is 0.408 e. The second-order valence-electron chi connectivity index (χ2n) is 8.37. The van der Waals surface area contributed by atoms with Gasteiger partial charge in [0.05, 0.1) is 10.4 Å². The number of likely N-dealkylation sites (tertiary alicyclic amines) is 1. The van der Waals surface area contributed by atoms with Gasteiger partial charge in [-0.2, -0.15) is 4.72 Å². The molecule has 1 amide bonds. The van der Waals surface area contributed by atoms with Gasteiger partial charge in [0.1, 0.15) is 6.04 Å². The molecule has 1 aromatic carbocycles. The van der Waals surface area contributed by atoms with Crippen molar-refractivity contribution in [2.75, 3.05) is 13.1 Å². The van der Waals surface area contributed by atoms with Gasteiger partial charge >= 0.3 is 5.76 Å². The number of nitrogens with one attached hydrogen (secondary N) is 1. The molecular weight excluding hydrogens is 394 g/mol. The number of aromatic nitrogens is 1. The van der Waals surface area contributed by atoms with Crippen molar-refractivity contribution in [2.45, 2.75) is 51.0 Å². The van der Waals surface area contributed by atoms with E-state index in [0.717, 1.165) is 12.8 Å². The van der Waals surface area contributed by atoms with Crippen molar-refractivity contribution in [3.05, 3.63) is 28.7 Å². The van der Waals surface area contributed by atoms with Crippen LogP contribution in [0, 0.1) is 11.8 Å². The van der Waals surface area contributed by atoms with E-state index in [1.807, 2.05) is 13.8 Å². The Kier molecular flexibility index (Phi) is 6.19. The molecule has 1 saturated heterocycles. The summed E-state index contributed by atoms with van der Waals surface area (Å²) in [4.78, 5) is 26.4. The molecule has 0 radical (unpaired) electrons. The third-order valence-corrected chi connectivity index (χ3v) is 6.94. The number of sulfonamides is 1. The molecule has 0 spiro atoms. The van der Waals surface area contributed by atoms with Gasteiger partial charge in [0.25, 0.3) is 0 Å². The lowest BCUT2D eigenvalue weighted by Gasteiger charge is -2.33. The number of amides is 1. The van der Waals surface area contributed by atoms with Crippen LogP contribution in [0.25, 0.3) is 11.1 Å². The minimum Gasteiger partial charge on any atom is -0.408 e. The quantitative estimate of drug-likeness (QED) is 0.767. The molecule has 1 N–H and O–H groups in total. The Bertz CT molecular complexity index is 1050. The van der Waals surface area contributed by atoms with E-state index in [-0.39, 0.29) is 22.3 Å². The molecule has 1 unspecified atom stereocenters. The minimum absolute atomic E-state index is 0.0341. The van der Waals surface area contributed by atoms with E-state index >= 15 is 0 Å². The van der Waals surface area contributed by atoms with E-state index in [4.69, 9.17) is 4.42 Å². The second kappa shape index (κ2) is 8.31. The zero-order chi connectivity index (χ0) is 21.3. The fourth-order valence-electron chi connectivity index (χ4n) is 3.66. The summed E-state index contributed by atoms with van der Waals surface area (Å²) in [6, 6.07) is 3.43. The van der Waals surface area contributed by atoms with Crippen LogP contribution in [0.5, 0.6) is 0 Å². The van der Waals surface area contributed by atoms with Crippen LogP contribution in [-0.2, 0) is 21.9 Å². The van der Waals surface area contributed by atoms with Gasteiger partial charge in [-0.05, 0) is 43.2 Å². The van der Waals surface area contributed by atoms with Crippen molar-refractivity contribution in [3.63, 3.8) is 0 Å². The molecule has 29 heavy (non-hydrogen) atoms. The van der Waals surface area contributed by atoms with E-state index in [1.54, 1.807) is 11.9 Å². The summed E-state index contributed by atoms with van der Waals surface area (Å²) in [7, 11) is -2.41. The van der Waals surface area contributed by atoms with Gasteiger partial charge in [0.15, 0.2) is 5.58 Å². The molecular formula is C20H29N3O5S. The number of aryl methyl sites for hydroxylation is 1. The Morgan fingerprint density at radius 3 is 2.55 bits per heavy atom. The fourth-order valence-corrected chi connectivity index (χ4v) is 4.87. The van der Waals surface area contributed by atoms with Gasteiger partial charge < -0.3 is 9.32 Å². The molecule has 2 aromatic rings. The standard InChI is InChI=1S/C20H29N3O5S/c1-13(2)11-16(19(24)23-9-7-14(3)8-10-23)21-29(26,27)15-5-6-17-18(12-15)28-20(25)22(17)4/h5-6,12-14,16,21H,7-11H2,1-4H3. The maximum Gasteiger partial charge on any atom is 0.419 e. The Morgan fingerprint density at radius 1 is 1.28 bits per heavy atom. The van der Waals surface area contributed by atoms with Crippen molar-refractivity contribution in [1.82, 2.24) is 14.2 Å². The Labute approximate surface area is 170 Å². The highest BCUT2D eigenvalue weighted by molar-refractivity contribution is 7.89. The number of nitrogens with zero attached hydrogens (tertiary/aromatic N) is 2. The van der Waals surface area contributed by atoms with Gasteiger partial charge in [-0.3, -0.25) is 9.36 Å². The highest BCUT2D eigenvalue weighted by Crippen LogP contribution is 2.21. The molecule has 9 heteroatoms. The highest BCUT2D eigenvalue weighted by Gasteiger charge is 2.31. The molecule has 1 aromatic heterocycles. The second-order valence-corrected chi connectivity index (χ2v) is 10.1. The Balaban J connectivity index is 1.85. The van der Waals surface area contributed by atoms with Crippen LogP contribution in [0.1, 0.15) is 40.0 Å². The number of rotatable bonds is 6. The third-order valence-electron chi connectivity index (χ3n) is 5.47. The van der Waals surface area contributed by atoms with Gasteiger partial charge in [0, 0.05) is 26.2 Å². The van der Waals surface area contributed by atoms with E-state index < -0.39 is 21.8 Å². The first kappa shape index (κ1) is 21.6. The van der Waals surface area contributed by atoms with Crippen LogP contribution in [0.4, 0.5) is 0 Å². The molecule has 2 heterocycles. The maximum atomic E-state index is 13.0. The van der Waals surface area contributed by atoms with Crippen molar-refractivity contribution in [2.24, 2.45) is 18.9 Å². The largest absolute Gasteiger partial charge is 0.419 e. The average molecular weight is 424 g/mol. The van der Waals surface area contributed by atoms with Crippen LogP contribution in [0.15, 0.2) is 32.3 Å². The van der Waals surface area contributed by atoms with Gasteiger partial charge in [-0.1, -0.05) is 20.8 Å². The molecule has 160 valence electrons. The molecule has 1 atom stereocenters. The molecule has 1 aliphatic rings. The predicted octanol–water partition coefficient (Wildman–Crippen LogP) is 2.08. The first-order valence-electron chi connectivity index (χ1n) is 9.99. The summed E-state index contributed by atoms with van der Waals surface area (Å²) in [5.41, 5.74) is 0.698. The SMILES string of the molecule is CC(C)CC(NS(=O)(=O)c1ccc2c(c1)oc(=O)n2C)C(=O)N1CCC(C)CC1. The molecule has 0 aliphatic carbocycles. The van der Waals surface area contributed by atoms with Crippen molar-refractivity contribution in [3.8, 4) is 0 Å². The summed E-state index contributed by atoms with van der Waals surface area (Å²) in [6.07, 6.45) is 2.26. The van der Waals surface area contributed by atoms with E-state index in [9.17, 15) is 18.0 Å². The number of oxazole rings is 1. The number of hydrogen-bond acceptors (Lipinski definition) is 5. The molecule has 1 aliphatic heterocycles. The van der Waals surface area contributed by atoms with Crippen LogP contribution in [-0.4, -0.2) is 42.9 Å². The predicted molar refractivity (Wildman–Crippen MR) is 110 cm³/mol. The highest BCUT2D eigenvalue weighted by atomic mass is 32.2. The molecule has 1 fully saturated rings. The summed E-state index contributed by atoms with van der Waals surface area (Å²) in [5, 5.41) is 0. The number of benzene rings is 1. The molecule has 0 saturated carbocycles. The third kappa shape index (κ3) is 4.72. The lowest BCUT2D eigenvalue weighted by atomic mass is 9.97. The zero-order valence-corrected chi connectivity index (χ0v) is 18.2. The van der Waals surface area contributed by atoms with E-state index in [0.29, 0.717) is 30.9 Å². The Hall–Kier alpha value is -2.13. The lowest BCUT2D eigenvalue weighted by molar-refractivity contribution is -0.134. The van der Waals surface area contributed by atoms with Crippen molar-refractivity contribution < 1.29 is 17.6 Å². The summed E-state index contributed by atoms with van der Waals surface area (Å²) in [6.45, 7) is 7.37. The monoisotopic (exact) mass is 423 g/mol. The topological polar surface area (TPSA) is 102 Å². The first-order chi connectivity index (χ1) is 13.6. The number of hydrogen-bond donors (Lipinski definition) is 1. The van der Waals surface area contributed by atoms with Gasteiger partial charge in [0.2, 0.25) is 15.9 Å². The normalized spacial score (nSPS) is 17.2. The minimum atomic E-state index is -3.96. The summed E-state index contributed by atoms with van der Waals surface area (Å²) >= 11 is 0. The van der Waals surface area contributed by atoms with Crippen molar-refractivity contribution >= 4 is 27.0 Å². The van der Waals surface area contributed by atoms with E-state index in [1.165, 1.54) is 22.8 Å². The van der Waals surface area contributed by atoms with Gasteiger partial charge in [-0.15, -0.1) is 0 Å². The Morgan fingerprint density at radius 2 is 1.93 bits per heavy atom. The average Bonchev–Trinajstić information content (AvgIpc) is 2.94. The van der Waals surface area contributed by atoms with Crippen LogP contribution in [0.3, 0.4) is 0 Å². The number of fused-ring (bicyclic) bond motifs is 1. The van der Waals surface area contributed by atoms with E-state index in [2.05, 4.69) is 11.6 Å². The van der Waals surface area contributed by atoms with Crippen LogP contribution >= 0.6 is 0 Å². The van der Waals surface area contributed by atoms with Gasteiger partial charge in [-0.25, -0.2) is 13.2 Å². The summed E-state index contributed by atoms with van der Waals surface area (Å²) < 4.78 is 35.0. The zero-order valence-electron chi connectivity index (χ0n) is 17.3. The molecule has 0 bridgehead atoms. The fraction of sp³-hybridized carbons (Fsp3) is 0.600. The summed E-state index contributed by atoms with van der Waals surface area (Å²) in [5.74, 6) is -0.0206. The van der Waals surface area contributed by atoms with Crippen LogP contribution in [0.2, 0.25) is 0 Å². The molecule has 3 rings (SSSR count). The number of carbonyl (C=O) groups excluding carboxylic acids is 1. The first-order valence-corrected chi connectivity index (χ1v) is 11.5. The maximum absolute atomic E-state index is 13.0. The number of piperidine rings is 1. The van der Waals surface area contributed by atoms with Crippen LogP contribution < -0.4 is 10.5 Å². The molecule has 8 nitrogen and oxygen atoms in total. The lowest BCUT2D eigenvalue weighted by Crippen LogP contribution is -2.51. The number of carbonyl (C=O) groups is 1. The van der Waals surface area contributed by atoms with Crippen molar-refractivity contribution in [1.29, 1.82) is 0 Å².